The second-order valence-electron chi connectivity index (χ2n) is 6.74. The van der Waals surface area contributed by atoms with E-state index >= 15 is 0 Å². The molecular weight excluding hydrogens is 332 g/mol. The summed E-state index contributed by atoms with van der Waals surface area (Å²) in [6.45, 7) is 7.07. The van der Waals surface area contributed by atoms with Crippen LogP contribution in [0.3, 0.4) is 0 Å². The average Bonchev–Trinajstić information content (AvgIpc) is 3.34. The number of aromatic nitrogens is 5. The van der Waals surface area contributed by atoms with E-state index in [1.165, 1.54) is 0 Å². The fourth-order valence-electron chi connectivity index (χ4n) is 3.32. The molecule has 26 heavy (non-hydrogen) atoms. The van der Waals surface area contributed by atoms with Crippen LogP contribution in [0.25, 0.3) is 11.6 Å². The van der Waals surface area contributed by atoms with E-state index in [0.29, 0.717) is 30.5 Å². The van der Waals surface area contributed by atoms with Gasteiger partial charge in [-0.25, -0.2) is 4.68 Å². The first-order valence-electron chi connectivity index (χ1n) is 8.60. The highest BCUT2D eigenvalue weighted by molar-refractivity contribution is 5.95. The predicted molar refractivity (Wildman–Crippen MR) is 93.5 cm³/mol. The largest absolute Gasteiger partial charge is 0.336 e. The molecule has 134 valence electrons. The number of rotatable bonds is 3. The molecule has 0 radical (unpaired) electrons. The summed E-state index contributed by atoms with van der Waals surface area (Å²) in [5.74, 6) is 0.980. The van der Waals surface area contributed by atoms with Crippen molar-refractivity contribution in [2.45, 2.75) is 33.2 Å². The highest BCUT2D eigenvalue weighted by Gasteiger charge is 2.29. The predicted octanol–water partition coefficient (Wildman–Crippen LogP) is 2.34. The van der Waals surface area contributed by atoms with Crippen LogP contribution in [-0.2, 0) is 0 Å². The quantitative estimate of drug-likeness (QED) is 0.719. The van der Waals surface area contributed by atoms with Gasteiger partial charge in [-0.3, -0.25) is 4.79 Å². The van der Waals surface area contributed by atoms with Gasteiger partial charge in [0.1, 0.15) is 0 Å². The molecule has 3 heterocycles. The fourth-order valence-corrected chi connectivity index (χ4v) is 3.32. The van der Waals surface area contributed by atoms with E-state index in [0.717, 1.165) is 23.1 Å². The van der Waals surface area contributed by atoms with Crippen LogP contribution in [0, 0.1) is 20.8 Å². The van der Waals surface area contributed by atoms with E-state index in [4.69, 9.17) is 4.52 Å². The first-order chi connectivity index (χ1) is 12.5. The van der Waals surface area contributed by atoms with Crippen LogP contribution in [-0.4, -0.2) is 49.0 Å². The fraction of sp³-hybridized carbons (Fsp3) is 0.389. The molecule has 8 nitrogen and oxygen atoms in total. The molecule has 1 aliphatic heterocycles. The van der Waals surface area contributed by atoms with E-state index in [-0.39, 0.29) is 11.9 Å². The lowest BCUT2D eigenvalue weighted by atomic mass is 10.0. The molecule has 0 N–H and O–H groups in total. The zero-order chi connectivity index (χ0) is 18.3. The second-order valence-corrected chi connectivity index (χ2v) is 6.74. The van der Waals surface area contributed by atoms with Crippen LogP contribution in [0.15, 0.2) is 28.9 Å². The number of aryl methyl sites for hydroxylation is 3. The topological polar surface area (TPSA) is 89.9 Å². The lowest BCUT2D eigenvalue weighted by molar-refractivity contribution is 0.0786. The van der Waals surface area contributed by atoms with Crippen LogP contribution < -0.4 is 0 Å². The summed E-state index contributed by atoms with van der Waals surface area (Å²) < 4.78 is 6.91. The van der Waals surface area contributed by atoms with Gasteiger partial charge >= 0.3 is 0 Å². The molecule has 1 saturated heterocycles. The van der Waals surface area contributed by atoms with Crippen molar-refractivity contribution in [1.29, 1.82) is 0 Å². The zero-order valence-corrected chi connectivity index (χ0v) is 15.0. The van der Waals surface area contributed by atoms with Gasteiger partial charge in [0.05, 0.1) is 12.2 Å². The number of likely N-dealkylation sites (tertiary alicyclic amines) is 1. The molecular formula is C18H20N6O2. The van der Waals surface area contributed by atoms with Gasteiger partial charge in [-0.2, -0.15) is 4.98 Å². The summed E-state index contributed by atoms with van der Waals surface area (Å²) in [4.78, 5) is 18.9. The molecule has 0 unspecified atom stereocenters. The highest BCUT2D eigenvalue weighted by Crippen LogP contribution is 2.25. The summed E-state index contributed by atoms with van der Waals surface area (Å²) in [5, 5.41) is 12.1. The van der Waals surface area contributed by atoms with E-state index in [2.05, 4.69) is 20.5 Å². The highest BCUT2D eigenvalue weighted by atomic mass is 16.5. The van der Waals surface area contributed by atoms with Crippen molar-refractivity contribution < 1.29 is 9.32 Å². The Morgan fingerprint density at radius 2 is 2.12 bits per heavy atom. The average molecular weight is 352 g/mol. The maximum absolute atomic E-state index is 12.8. The SMILES string of the molecule is Cc1ccc(C(=O)N2CC[C@@H](n3cc(-c4nc(C)no4)nn3)C2)c(C)c1. The number of hydrogen-bond donors (Lipinski definition) is 0. The van der Waals surface area contributed by atoms with Gasteiger partial charge in [-0.15, -0.1) is 5.10 Å². The molecule has 0 saturated carbocycles. The van der Waals surface area contributed by atoms with E-state index < -0.39 is 0 Å². The molecule has 1 atom stereocenters. The van der Waals surface area contributed by atoms with Gasteiger partial charge in [0.15, 0.2) is 11.5 Å². The third-order valence-electron chi connectivity index (χ3n) is 4.69. The summed E-state index contributed by atoms with van der Waals surface area (Å²) in [6.07, 6.45) is 2.63. The molecule has 4 rings (SSSR count). The molecule has 1 aromatic carbocycles. The molecule has 0 bridgehead atoms. The first-order valence-corrected chi connectivity index (χ1v) is 8.60. The summed E-state index contributed by atoms with van der Waals surface area (Å²) in [5.41, 5.74) is 3.47. The maximum atomic E-state index is 12.8. The molecule has 1 fully saturated rings. The first kappa shape index (κ1) is 16.4. The Labute approximate surface area is 150 Å². The van der Waals surface area contributed by atoms with Crippen LogP contribution in [0.5, 0.6) is 0 Å². The number of benzene rings is 1. The van der Waals surface area contributed by atoms with Crippen LogP contribution in [0.1, 0.15) is 39.8 Å². The molecule has 8 heteroatoms. The van der Waals surface area contributed by atoms with Gasteiger partial charge in [0.25, 0.3) is 11.8 Å². The number of carbonyl (C=O) groups is 1. The molecule has 0 aliphatic carbocycles. The Morgan fingerprint density at radius 3 is 2.85 bits per heavy atom. The van der Waals surface area contributed by atoms with Gasteiger partial charge in [0, 0.05) is 18.7 Å². The Bertz CT molecular complexity index is 960. The minimum absolute atomic E-state index is 0.0675. The number of hydrogen-bond acceptors (Lipinski definition) is 6. The lowest BCUT2D eigenvalue weighted by Gasteiger charge is -2.18. The Hall–Kier alpha value is -3.03. The Kier molecular flexibility index (Phi) is 4.02. The van der Waals surface area contributed by atoms with Gasteiger partial charge < -0.3 is 9.42 Å². The van der Waals surface area contributed by atoms with Gasteiger partial charge in [0.2, 0.25) is 0 Å². The van der Waals surface area contributed by atoms with Crippen molar-refractivity contribution >= 4 is 5.91 Å². The second kappa shape index (κ2) is 6.36. The van der Waals surface area contributed by atoms with Crippen molar-refractivity contribution in [3.8, 4) is 11.6 Å². The van der Waals surface area contributed by atoms with E-state index in [9.17, 15) is 4.79 Å². The van der Waals surface area contributed by atoms with E-state index in [1.54, 1.807) is 17.8 Å². The molecule has 3 aromatic rings. The summed E-state index contributed by atoms with van der Waals surface area (Å²) >= 11 is 0. The number of nitrogens with zero attached hydrogens (tertiary/aromatic N) is 6. The standard InChI is InChI=1S/C18H20N6O2/c1-11-4-5-15(12(2)8-11)18(25)23-7-6-14(9-23)24-10-16(20-22-24)17-19-13(3)21-26-17/h4-5,8,10,14H,6-7,9H2,1-3H3/t14-/m1/s1. The smallest absolute Gasteiger partial charge is 0.280 e. The molecule has 2 aromatic heterocycles. The minimum atomic E-state index is 0.0675. The third-order valence-corrected chi connectivity index (χ3v) is 4.69. The maximum Gasteiger partial charge on any atom is 0.280 e. The van der Waals surface area contributed by atoms with Gasteiger partial charge in [-0.05, 0) is 38.8 Å². The van der Waals surface area contributed by atoms with Crippen molar-refractivity contribution in [1.82, 2.24) is 30.0 Å². The Balaban J connectivity index is 1.48. The molecule has 1 amide bonds. The lowest BCUT2D eigenvalue weighted by Crippen LogP contribution is -2.29. The third kappa shape index (κ3) is 2.98. The Morgan fingerprint density at radius 1 is 1.27 bits per heavy atom. The molecule has 0 spiro atoms. The van der Waals surface area contributed by atoms with E-state index in [1.807, 2.05) is 36.9 Å². The molecule has 1 aliphatic rings. The summed E-state index contributed by atoms with van der Waals surface area (Å²) in [6, 6.07) is 6.02. The minimum Gasteiger partial charge on any atom is -0.336 e. The van der Waals surface area contributed by atoms with Crippen LogP contribution >= 0.6 is 0 Å². The normalized spacial score (nSPS) is 17.0. The van der Waals surface area contributed by atoms with Crippen LogP contribution in [0.2, 0.25) is 0 Å². The van der Waals surface area contributed by atoms with Crippen molar-refractivity contribution in [3.63, 3.8) is 0 Å². The van der Waals surface area contributed by atoms with Crippen LogP contribution in [0.4, 0.5) is 0 Å². The summed E-state index contributed by atoms with van der Waals surface area (Å²) in [7, 11) is 0. The van der Waals surface area contributed by atoms with Crippen molar-refractivity contribution in [3.05, 3.63) is 46.9 Å². The zero-order valence-electron chi connectivity index (χ0n) is 15.0. The van der Waals surface area contributed by atoms with Gasteiger partial charge in [-0.1, -0.05) is 28.1 Å². The number of carbonyl (C=O) groups excluding carboxylic acids is 1. The monoisotopic (exact) mass is 352 g/mol. The van der Waals surface area contributed by atoms with Crippen molar-refractivity contribution in [2.24, 2.45) is 0 Å². The number of amides is 1. The van der Waals surface area contributed by atoms with Crippen molar-refractivity contribution in [2.75, 3.05) is 13.1 Å².